The standard InChI is InChI=1S/C23H26N2O3/c26-20-8-9-25(14-20)15-22(17-4-2-1-3-5-17)24-23(28)11-16-6-7-18-12-21(27)13-19(18)10-16/h1-7,10,20,22,26H,8-9,11-15H2,(H,24,28)/t20-,22?/m1/s1. The van der Waals surface area contributed by atoms with Crippen LogP contribution in [-0.4, -0.2) is 47.4 Å². The molecule has 1 amide bonds. The van der Waals surface area contributed by atoms with Gasteiger partial charge in [-0.15, -0.1) is 0 Å². The maximum atomic E-state index is 12.8. The van der Waals surface area contributed by atoms with Gasteiger partial charge in [0.25, 0.3) is 0 Å². The first-order chi connectivity index (χ1) is 13.6. The third-order valence-corrected chi connectivity index (χ3v) is 5.64. The van der Waals surface area contributed by atoms with Crippen LogP contribution in [0.1, 0.15) is 34.7 Å². The van der Waals surface area contributed by atoms with Crippen molar-refractivity contribution in [1.29, 1.82) is 0 Å². The average molecular weight is 378 g/mol. The molecular formula is C23H26N2O3. The number of nitrogens with zero attached hydrogens (tertiary/aromatic N) is 1. The van der Waals surface area contributed by atoms with Gasteiger partial charge in [0.1, 0.15) is 5.78 Å². The third-order valence-electron chi connectivity index (χ3n) is 5.64. The van der Waals surface area contributed by atoms with Gasteiger partial charge in [0.2, 0.25) is 5.91 Å². The lowest BCUT2D eigenvalue weighted by atomic mass is 10.0. The Labute approximate surface area is 165 Å². The third kappa shape index (κ3) is 4.49. The van der Waals surface area contributed by atoms with E-state index in [0.29, 0.717) is 32.4 Å². The van der Waals surface area contributed by atoms with Crippen LogP contribution in [0.3, 0.4) is 0 Å². The maximum Gasteiger partial charge on any atom is 0.224 e. The molecule has 0 spiro atoms. The molecule has 146 valence electrons. The van der Waals surface area contributed by atoms with Crippen LogP contribution >= 0.6 is 0 Å². The monoisotopic (exact) mass is 378 g/mol. The highest BCUT2D eigenvalue weighted by Gasteiger charge is 2.25. The topological polar surface area (TPSA) is 69.6 Å². The second-order valence-electron chi connectivity index (χ2n) is 7.90. The molecule has 2 atom stereocenters. The molecule has 2 aliphatic rings. The number of benzene rings is 2. The Morgan fingerprint density at radius 3 is 2.68 bits per heavy atom. The average Bonchev–Trinajstić information content (AvgIpc) is 3.25. The van der Waals surface area contributed by atoms with E-state index in [4.69, 9.17) is 0 Å². The lowest BCUT2D eigenvalue weighted by Crippen LogP contribution is -2.38. The molecule has 1 unspecified atom stereocenters. The van der Waals surface area contributed by atoms with Crippen molar-refractivity contribution in [2.45, 2.75) is 37.8 Å². The molecule has 0 bridgehead atoms. The van der Waals surface area contributed by atoms with Crippen LogP contribution in [0.2, 0.25) is 0 Å². The summed E-state index contributed by atoms with van der Waals surface area (Å²) in [5, 5.41) is 13.0. The molecule has 0 aromatic heterocycles. The fourth-order valence-corrected chi connectivity index (χ4v) is 4.20. The zero-order valence-electron chi connectivity index (χ0n) is 15.9. The van der Waals surface area contributed by atoms with Gasteiger partial charge < -0.3 is 10.4 Å². The Morgan fingerprint density at radius 2 is 1.93 bits per heavy atom. The summed E-state index contributed by atoms with van der Waals surface area (Å²) in [6, 6.07) is 15.8. The normalized spacial score (nSPS) is 20.2. The fraction of sp³-hybridized carbons (Fsp3) is 0.391. The van der Waals surface area contributed by atoms with E-state index in [0.717, 1.165) is 35.2 Å². The molecule has 1 heterocycles. The van der Waals surface area contributed by atoms with Crippen LogP contribution in [0.4, 0.5) is 0 Å². The molecule has 0 saturated carbocycles. The van der Waals surface area contributed by atoms with Gasteiger partial charge >= 0.3 is 0 Å². The Morgan fingerprint density at radius 1 is 1.14 bits per heavy atom. The second kappa shape index (κ2) is 8.25. The summed E-state index contributed by atoms with van der Waals surface area (Å²) in [6.45, 7) is 2.18. The second-order valence-corrected chi connectivity index (χ2v) is 7.90. The number of rotatable bonds is 6. The van der Waals surface area contributed by atoms with Crippen molar-refractivity contribution < 1.29 is 14.7 Å². The van der Waals surface area contributed by atoms with Crippen molar-refractivity contribution >= 4 is 11.7 Å². The quantitative estimate of drug-likeness (QED) is 0.805. The number of hydrogen-bond donors (Lipinski definition) is 2. The fourth-order valence-electron chi connectivity index (χ4n) is 4.20. The first-order valence-electron chi connectivity index (χ1n) is 9.94. The lowest BCUT2D eigenvalue weighted by Gasteiger charge is -2.25. The van der Waals surface area contributed by atoms with Gasteiger partial charge in [0, 0.05) is 32.5 Å². The van der Waals surface area contributed by atoms with Gasteiger partial charge in [-0.2, -0.15) is 0 Å². The molecule has 1 aliphatic heterocycles. The zero-order chi connectivity index (χ0) is 19.5. The van der Waals surface area contributed by atoms with Gasteiger partial charge in [-0.05, 0) is 28.7 Å². The number of Topliss-reactive ketones (excluding diaryl/α,β-unsaturated/α-hetero) is 1. The van der Waals surface area contributed by atoms with E-state index < -0.39 is 0 Å². The van der Waals surface area contributed by atoms with E-state index in [1.54, 1.807) is 0 Å². The van der Waals surface area contributed by atoms with Crippen molar-refractivity contribution in [2.24, 2.45) is 0 Å². The molecule has 2 N–H and O–H groups in total. The Balaban J connectivity index is 1.43. The van der Waals surface area contributed by atoms with Gasteiger partial charge in [0.15, 0.2) is 0 Å². The molecular weight excluding hydrogens is 352 g/mol. The number of carbonyl (C=O) groups excluding carboxylic acids is 2. The summed E-state index contributed by atoms with van der Waals surface area (Å²) < 4.78 is 0. The number of hydrogen-bond acceptors (Lipinski definition) is 4. The number of fused-ring (bicyclic) bond motifs is 1. The molecule has 0 radical (unpaired) electrons. The number of likely N-dealkylation sites (tertiary alicyclic amines) is 1. The molecule has 2 aromatic rings. The summed E-state index contributed by atoms with van der Waals surface area (Å²) in [7, 11) is 0. The van der Waals surface area contributed by atoms with Crippen molar-refractivity contribution in [3.63, 3.8) is 0 Å². The summed E-state index contributed by atoms with van der Waals surface area (Å²) in [6.07, 6.45) is 1.80. The van der Waals surface area contributed by atoms with E-state index in [1.807, 2.05) is 48.5 Å². The van der Waals surface area contributed by atoms with E-state index in [1.165, 1.54) is 0 Å². The first-order valence-corrected chi connectivity index (χ1v) is 9.94. The van der Waals surface area contributed by atoms with E-state index in [9.17, 15) is 14.7 Å². The summed E-state index contributed by atoms with van der Waals surface area (Å²) in [5.41, 5.74) is 4.15. The molecule has 28 heavy (non-hydrogen) atoms. The predicted molar refractivity (Wildman–Crippen MR) is 107 cm³/mol. The minimum atomic E-state index is -0.277. The minimum absolute atomic E-state index is 0.0297. The van der Waals surface area contributed by atoms with Gasteiger partial charge in [-0.1, -0.05) is 48.5 Å². The molecule has 5 heteroatoms. The van der Waals surface area contributed by atoms with Crippen LogP contribution in [-0.2, 0) is 28.9 Å². The van der Waals surface area contributed by atoms with Crippen molar-refractivity contribution in [2.75, 3.05) is 19.6 Å². The van der Waals surface area contributed by atoms with Crippen LogP contribution in [0.5, 0.6) is 0 Å². The lowest BCUT2D eigenvalue weighted by molar-refractivity contribution is -0.121. The van der Waals surface area contributed by atoms with Gasteiger partial charge in [0.05, 0.1) is 18.6 Å². The largest absolute Gasteiger partial charge is 0.392 e. The summed E-state index contributed by atoms with van der Waals surface area (Å²) in [5.74, 6) is 0.214. The van der Waals surface area contributed by atoms with Crippen molar-refractivity contribution in [3.8, 4) is 0 Å². The van der Waals surface area contributed by atoms with Crippen molar-refractivity contribution in [3.05, 3.63) is 70.8 Å². The molecule has 1 aliphatic carbocycles. The summed E-state index contributed by atoms with van der Waals surface area (Å²) in [4.78, 5) is 26.6. The zero-order valence-corrected chi connectivity index (χ0v) is 15.9. The number of carbonyl (C=O) groups is 2. The number of amides is 1. The Hall–Kier alpha value is -2.50. The van der Waals surface area contributed by atoms with Crippen LogP contribution < -0.4 is 5.32 Å². The number of ketones is 1. The van der Waals surface area contributed by atoms with Gasteiger partial charge in [-0.3, -0.25) is 14.5 Å². The smallest absolute Gasteiger partial charge is 0.224 e. The van der Waals surface area contributed by atoms with E-state index in [2.05, 4.69) is 10.2 Å². The van der Waals surface area contributed by atoms with Gasteiger partial charge in [-0.25, -0.2) is 0 Å². The SMILES string of the molecule is O=C1Cc2ccc(CC(=O)NC(CN3CC[C@@H](O)C3)c3ccccc3)cc2C1. The molecule has 5 nitrogen and oxygen atoms in total. The van der Waals surface area contributed by atoms with Crippen LogP contribution in [0.15, 0.2) is 48.5 Å². The minimum Gasteiger partial charge on any atom is -0.392 e. The maximum absolute atomic E-state index is 12.8. The summed E-state index contributed by atoms with van der Waals surface area (Å²) >= 11 is 0. The van der Waals surface area contributed by atoms with E-state index >= 15 is 0 Å². The number of aliphatic hydroxyl groups excluding tert-OH is 1. The van der Waals surface area contributed by atoms with E-state index in [-0.39, 0.29) is 23.8 Å². The number of nitrogens with one attached hydrogen (secondary N) is 1. The highest BCUT2D eigenvalue weighted by molar-refractivity contribution is 5.88. The molecule has 4 rings (SSSR count). The Kier molecular flexibility index (Phi) is 5.55. The van der Waals surface area contributed by atoms with Crippen LogP contribution in [0, 0.1) is 0 Å². The Bertz CT molecular complexity index is 865. The molecule has 1 saturated heterocycles. The number of aliphatic hydroxyl groups is 1. The highest BCUT2D eigenvalue weighted by Crippen LogP contribution is 2.22. The number of β-amino-alcohol motifs (C(OH)–C–C–N with tert-alkyl or cyclic N) is 1. The molecule has 2 aromatic carbocycles. The predicted octanol–water partition coefficient (Wildman–Crippen LogP) is 1.82. The van der Waals surface area contributed by atoms with Crippen molar-refractivity contribution in [1.82, 2.24) is 10.2 Å². The first kappa shape index (κ1) is 18.8. The van der Waals surface area contributed by atoms with Crippen LogP contribution in [0.25, 0.3) is 0 Å². The molecule has 1 fully saturated rings. The highest BCUT2D eigenvalue weighted by atomic mass is 16.3.